The van der Waals surface area contributed by atoms with Gasteiger partial charge >= 0.3 is 6.18 Å². The molecule has 1 N–H and O–H groups in total. The summed E-state index contributed by atoms with van der Waals surface area (Å²) in [4.78, 5) is 11.8. The van der Waals surface area contributed by atoms with Crippen LogP contribution in [0.4, 0.5) is 23.2 Å². The van der Waals surface area contributed by atoms with E-state index in [9.17, 15) is 22.4 Å². The molecule has 0 unspecified atom stereocenters. The molecule has 7 heteroatoms. The number of hydrogen-bond acceptors (Lipinski definition) is 2. The summed E-state index contributed by atoms with van der Waals surface area (Å²) in [7, 11) is 1.46. The van der Waals surface area contributed by atoms with Crippen molar-refractivity contribution in [1.82, 2.24) is 0 Å². The van der Waals surface area contributed by atoms with Gasteiger partial charge < -0.3 is 10.1 Å². The smallest absolute Gasteiger partial charge is 0.416 e. The molecule has 24 heavy (non-hydrogen) atoms. The minimum atomic E-state index is -4.62. The van der Waals surface area contributed by atoms with Crippen LogP contribution in [0.3, 0.4) is 0 Å². The van der Waals surface area contributed by atoms with Gasteiger partial charge in [0.2, 0.25) is 5.91 Å². The van der Waals surface area contributed by atoms with Crippen LogP contribution < -0.4 is 10.1 Å². The molecule has 0 radical (unpaired) electrons. The summed E-state index contributed by atoms with van der Waals surface area (Å²) in [6.07, 6.45) is -2.13. The number of ether oxygens (including phenoxy) is 1. The van der Waals surface area contributed by atoms with Crippen LogP contribution in [0.5, 0.6) is 5.75 Å². The molecular formula is C17H13F4NO2. The number of hydrogen-bond donors (Lipinski definition) is 1. The van der Waals surface area contributed by atoms with Crippen LogP contribution >= 0.6 is 0 Å². The van der Waals surface area contributed by atoms with Crippen LogP contribution in [0.1, 0.15) is 11.1 Å². The zero-order chi connectivity index (χ0) is 17.7. The van der Waals surface area contributed by atoms with E-state index in [0.717, 1.165) is 6.08 Å². The average molecular weight is 339 g/mol. The molecule has 1 amide bonds. The fourth-order valence-electron chi connectivity index (χ4n) is 1.94. The third-order valence-corrected chi connectivity index (χ3v) is 3.10. The molecular weight excluding hydrogens is 326 g/mol. The standard InChI is InChI=1S/C17H13F4NO2/c1-24-15-5-3-2-4-11(15)6-9-16(23)22-14-10-12(17(19,20)21)7-8-13(14)18/h2-10H,1H3,(H,22,23)/b9-6+. The third-order valence-electron chi connectivity index (χ3n) is 3.10. The third kappa shape index (κ3) is 4.34. The van der Waals surface area contributed by atoms with Gasteiger partial charge in [-0.2, -0.15) is 13.2 Å². The zero-order valence-electron chi connectivity index (χ0n) is 12.5. The van der Waals surface area contributed by atoms with Crippen molar-refractivity contribution < 1.29 is 27.1 Å². The maximum absolute atomic E-state index is 13.6. The van der Waals surface area contributed by atoms with E-state index >= 15 is 0 Å². The number of rotatable bonds is 4. The maximum atomic E-state index is 13.6. The second kappa shape index (κ2) is 7.16. The minimum Gasteiger partial charge on any atom is -0.496 e. The quantitative estimate of drug-likeness (QED) is 0.658. The summed E-state index contributed by atoms with van der Waals surface area (Å²) in [5.41, 5.74) is -0.993. The Hall–Kier alpha value is -2.83. The molecule has 0 aliphatic rings. The lowest BCUT2D eigenvalue weighted by Crippen LogP contribution is -2.12. The minimum absolute atomic E-state index is 0.520. The van der Waals surface area contributed by atoms with Gasteiger partial charge in [-0.1, -0.05) is 18.2 Å². The van der Waals surface area contributed by atoms with Gasteiger partial charge in [-0.05, 0) is 30.3 Å². The van der Waals surface area contributed by atoms with Crippen molar-refractivity contribution in [2.24, 2.45) is 0 Å². The number of carbonyl (C=O) groups excluding carboxylic acids is 1. The summed E-state index contributed by atoms with van der Waals surface area (Å²) in [5, 5.41) is 2.09. The summed E-state index contributed by atoms with van der Waals surface area (Å²) in [6, 6.07) is 8.65. The predicted molar refractivity (Wildman–Crippen MR) is 82.1 cm³/mol. The first-order valence-electron chi connectivity index (χ1n) is 6.80. The first kappa shape index (κ1) is 17.5. The lowest BCUT2D eigenvalue weighted by atomic mass is 10.1. The van der Waals surface area contributed by atoms with Gasteiger partial charge in [0, 0.05) is 11.6 Å². The van der Waals surface area contributed by atoms with E-state index < -0.39 is 29.2 Å². The van der Waals surface area contributed by atoms with Gasteiger partial charge in [0.1, 0.15) is 11.6 Å². The van der Waals surface area contributed by atoms with E-state index in [1.807, 2.05) is 0 Å². The Kier molecular flexibility index (Phi) is 5.23. The number of halogens is 4. The Morgan fingerprint density at radius 3 is 2.54 bits per heavy atom. The largest absolute Gasteiger partial charge is 0.496 e. The fraction of sp³-hybridized carbons (Fsp3) is 0.118. The molecule has 0 atom stereocenters. The van der Waals surface area contributed by atoms with E-state index in [-0.39, 0.29) is 0 Å². The Bertz CT molecular complexity index is 769. The van der Waals surface area contributed by atoms with Crippen LogP contribution in [0.2, 0.25) is 0 Å². The molecule has 0 aromatic heterocycles. The highest BCUT2D eigenvalue weighted by molar-refractivity contribution is 6.02. The lowest BCUT2D eigenvalue weighted by Gasteiger charge is -2.10. The van der Waals surface area contributed by atoms with Crippen molar-refractivity contribution in [3.8, 4) is 5.75 Å². The molecule has 0 aliphatic carbocycles. The number of para-hydroxylation sites is 1. The number of anilines is 1. The second-order valence-electron chi connectivity index (χ2n) is 4.76. The Morgan fingerprint density at radius 2 is 1.88 bits per heavy atom. The lowest BCUT2D eigenvalue weighted by molar-refractivity contribution is -0.137. The van der Waals surface area contributed by atoms with Crippen molar-refractivity contribution >= 4 is 17.7 Å². The zero-order valence-corrected chi connectivity index (χ0v) is 12.5. The van der Waals surface area contributed by atoms with Crippen molar-refractivity contribution in [2.45, 2.75) is 6.18 Å². The van der Waals surface area contributed by atoms with Crippen LogP contribution in [0.15, 0.2) is 48.5 Å². The summed E-state index contributed by atoms with van der Waals surface area (Å²) < 4.78 is 56.6. The highest BCUT2D eigenvalue weighted by Gasteiger charge is 2.31. The van der Waals surface area contributed by atoms with Crippen LogP contribution in [0, 0.1) is 5.82 Å². The molecule has 0 heterocycles. The van der Waals surface area contributed by atoms with Crippen molar-refractivity contribution in [2.75, 3.05) is 12.4 Å². The molecule has 126 valence electrons. The maximum Gasteiger partial charge on any atom is 0.416 e. The molecule has 0 bridgehead atoms. The molecule has 3 nitrogen and oxygen atoms in total. The molecule has 0 saturated heterocycles. The van der Waals surface area contributed by atoms with Crippen LogP contribution in [-0.2, 0) is 11.0 Å². The molecule has 0 aliphatic heterocycles. The number of methoxy groups -OCH3 is 1. The van der Waals surface area contributed by atoms with Gasteiger partial charge in [0.25, 0.3) is 0 Å². The summed E-state index contributed by atoms with van der Waals surface area (Å²) >= 11 is 0. The highest BCUT2D eigenvalue weighted by atomic mass is 19.4. The van der Waals surface area contributed by atoms with Gasteiger partial charge in [-0.15, -0.1) is 0 Å². The topological polar surface area (TPSA) is 38.3 Å². The number of amides is 1. The van der Waals surface area contributed by atoms with E-state index in [4.69, 9.17) is 4.74 Å². The molecule has 2 aromatic carbocycles. The number of carbonyl (C=O) groups is 1. The van der Waals surface area contributed by atoms with Gasteiger partial charge in [0.15, 0.2) is 0 Å². The van der Waals surface area contributed by atoms with Crippen LogP contribution in [-0.4, -0.2) is 13.0 Å². The predicted octanol–water partition coefficient (Wildman–Crippen LogP) is 4.51. The second-order valence-corrected chi connectivity index (χ2v) is 4.76. The Morgan fingerprint density at radius 1 is 1.17 bits per heavy atom. The van der Waals surface area contributed by atoms with E-state index in [1.54, 1.807) is 24.3 Å². The van der Waals surface area contributed by atoms with Crippen molar-refractivity contribution in [3.05, 3.63) is 65.5 Å². The van der Waals surface area contributed by atoms with Gasteiger partial charge in [-0.25, -0.2) is 4.39 Å². The number of alkyl halides is 3. The van der Waals surface area contributed by atoms with E-state index in [2.05, 4.69) is 5.32 Å². The monoisotopic (exact) mass is 339 g/mol. The Labute approximate surface area is 135 Å². The highest BCUT2D eigenvalue weighted by Crippen LogP contribution is 2.31. The molecule has 0 spiro atoms. The summed E-state index contributed by atoms with van der Waals surface area (Å²) in [6.45, 7) is 0. The van der Waals surface area contributed by atoms with Gasteiger partial charge in [-0.3, -0.25) is 4.79 Å². The summed E-state index contributed by atoms with van der Waals surface area (Å²) in [5.74, 6) is -1.20. The SMILES string of the molecule is COc1ccccc1/C=C/C(=O)Nc1cc(C(F)(F)F)ccc1F. The fourth-order valence-corrected chi connectivity index (χ4v) is 1.94. The molecule has 0 saturated carbocycles. The van der Waals surface area contributed by atoms with E-state index in [0.29, 0.717) is 29.5 Å². The number of nitrogens with one attached hydrogen (secondary N) is 1. The average Bonchev–Trinajstić information content (AvgIpc) is 2.54. The molecule has 2 rings (SSSR count). The van der Waals surface area contributed by atoms with Gasteiger partial charge in [0.05, 0.1) is 18.4 Å². The first-order valence-corrected chi connectivity index (χ1v) is 6.80. The number of benzene rings is 2. The Balaban J connectivity index is 2.17. The van der Waals surface area contributed by atoms with Crippen molar-refractivity contribution in [3.63, 3.8) is 0 Å². The van der Waals surface area contributed by atoms with Crippen LogP contribution in [0.25, 0.3) is 6.08 Å². The molecule has 2 aromatic rings. The molecule has 0 fully saturated rings. The normalized spacial score (nSPS) is 11.5. The van der Waals surface area contributed by atoms with E-state index in [1.165, 1.54) is 13.2 Å². The van der Waals surface area contributed by atoms with Crippen molar-refractivity contribution in [1.29, 1.82) is 0 Å². The first-order chi connectivity index (χ1) is 11.3.